The average molecular weight is 296 g/mol. The summed E-state index contributed by atoms with van der Waals surface area (Å²) >= 11 is 0. The van der Waals surface area contributed by atoms with Crippen LogP contribution in [-0.2, 0) is 4.79 Å². The van der Waals surface area contributed by atoms with Gasteiger partial charge in [-0.25, -0.2) is 4.79 Å². The van der Waals surface area contributed by atoms with E-state index < -0.39 is 5.97 Å². The van der Waals surface area contributed by atoms with Gasteiger partial charge >= 0.3 is 12.0 Å². The Morgan fingerprint density at radius 3 is 2.38 bits per heavy atom. The Labute approximate surface area is 127 Å². The first-order valence-corrected chi connectivity index (χ1v) is 8.28. The molecule has 2 N–H and O–H groups in total. The number of hydrogen-bond donors (Lipinski definition) is 2. The molecule has 0 spiro atoms. The van der Waals surface area contributed by atoms with Crippen LogP contribution in [0.15, 0.2) is 0 Å². The molecule has 2 amide bonds. The zero-order valence-corrected chi connectivity index (χ0v) is 13.2. The van der Waals surface area contributed by atoms with Crippen molar-refractivity contribution in [2.24, 2.45) is 11.8 Å². The van der Waals surface area contributed by atoms with Crippen LogP contribution >= 0.6 is 0 Å². The molecule has 0 saturated heterocycles. The van der Waals surface area contributed by atoms with Gasteiger partial charge in [-0.05, 0) is 31.1 Å². The van der Waals surface area contributed by atoms with Crippen LogP contribution in [0.3, 0.4) is 0 Å². The normalized spacial score (nSPS) is 30.1. The number of urea groups is 1. The van der Waals surface area contributed by atoms with Gasteiger partial charge in [-0.3, -0.25) is 4.79 Å². The van der Waals surface area contributed by atoms with E-state index in [1.807, 2.05) is 0 Å². The average Bonchev–Trinajstić information content (AvgIpc) is 2.94. The van der Waals surface area contributed by atoms with Crippen molar-refractivity contribution in [1.82, 2.24) is 10.2 Å². The van der Waals surface area contributed by atoms with Gasteiger partial charge in [0.05, 0.1) is 0 Å². The van der Waals surface area contributed by atoms with Gasteiger partial charge in [0.15, 0.2) is 0 Å². The number of carboxylic acid groups (broad SMARTS) is 1. The fraction of sp³-hybridized carbons (Fsp3) is 0.875. The Bertz CT molecular complexity index is 380. The van der Waals surface area contributed by atoms with Crippen LogP contribution in [0.2, 0.25) is 0 Å². The molecule has 0 aromatic carbocycles. The van der Waals surface area contributed by atoms with Gasteiger partial charge in [0.1, 0.15) is 6.54 Å². The standard InChI is InChI=1S/C16H28N2O3/c1-11-6-5-9-14(12(11)2)17-16(21)18(10-15(19)20)13-7-3-4-8-13/h11-14H,3-10H2,1-2H3,(H,17,21)(H,19,20). The number of carbonyl (C=O) groups excluding carboxylic acids is 1. The number of hydrogen-bond acceptors (Lipinski definition) is 2. The minimum atomic E-state index is -0.929. The minimum absolute atomic E-state index is 0.0948. The summed E-state index contributed by atoms with van der Waals surface area (Å²) in [4.78, 5) is 25.1. The summed E-state index contributed by atoms with van der Waals surface area (Å²) in [5.41, 5.74) is 0. The highest BCUT2D eigenvalue weighted by Crippen LogP contribution is 2.30. The number of rotatable bonds is 4. The lowest BCUT2D eigenvalue weighted by Crippen LogP contribution is -2.53. The summed E-state index contributed by atoms with van der Waals surface area (Å²) in [6, 6.07) is 0.0895. The first kappa shape index (κ1) is 16.1. The number of aliphatic carboxylic acids is 1. The number of nitrogens with one attached hydrogen (secondary N) is 1. The predicted molar refractivity (Wildman–Crippen MR) is 81.1 cm³/mol. The molecule has 2 aliphatic rings. The summed E-state index contributed by atoms with van der Waals surface area (Å²) in [5.74, 6) is 0.142. The molecule has 2 rings (SSSR count). The maximum Gasteiger partial charge on any atom is 0.323 e. The fourth-order valence-electron chi connectivity index (χ4n) is 3.76. The third kappa shape index (κ3) is 4.11. The smallest absolute Gasteiger partial charge is 0.323 e. The Morgan fingerprint density at radius 2 is 1.76 bits per heavy atom. The maximum absolute atomic E-state index is 12.5. The summed E-state index contributed by atoms with van der Waals surface area (Å²) < 4.78 is 0. The zero-order chi connectivity index (χ0) is 15.4. The summed E-state index contributed by atoms with van der Waals surface area (Å²) in [7, 11) is 0. The van der Waals surface area contributed by atoms with Gasteiger partial charge < -0.3 is 15.3 Å². The lowest BCUT2D eigenvalue weighted by molar-refractivity contribution is -0.138. The van der Waals surface area contributed by atoms with E-state index in [0.29, 0.717) is 11.8 Å². The SMILES string of the molecule is CC1CCCC(NC(=O)N(CC(=O)O)C2CCCC2)C1C. The van der Waals surface area contributed by atoms with Gasteiger partial charge in [0.25, 0.3) is 0 Å². The number of nitrogens with zero attached hydrogens (tertiary/aromatic N) is 1. The quantitative estimate of drug-likeness (QED) is 0.838. The topological polar surface area (TPSA) is 69.6 Å². The van der Waals surface area contributed by atoms with Gasteiger partial charge in [-0.15, -0.1) is 0 Å². The molecule has 2 saturated carbocycles. The van der Waals surface area contributed by atoms with Gasteiger partial charge in [0, 0.05) is 12.1 Å². The van der Waals surface area contributed by atoms with E-state index in [-0.39, 0.29) is 24.7 Å². The molecule has 0 aliphatic heterocycles. The van der Waals surface area contributed by atoms with Crippen molar-refractivity contribution in [2.75, 3.05) is 6.54 Å². The predicted octanol–water partition coefficient (Wildman–Crippen LogP) is 2.85. The van der Waals surface area contributed by atoms with Crippen LogP contribution < -0.4 is 5.32 Å². The molecule has 21 heavy (non-hydrogen) atoms. The first-order valence-electron chi connectivity index (χ1n) is 8.28. The van der Waals surface area contributed by atoms with E-state index in [2.05, 4.69) is 19.2 Å². The lowest BCUT2D eigenvalue weighted by Gasteiger charge is -2.37. The van der Waals surface area contributed by atoms with Crippen LogP contribution in [0.4, 0.5) is 4.79 Å². The molecule has 0 heterocycles. The van der Waals surface area contributed by atoms with E-state index in [0.717, 1.165) is 38.5 Å². The largest absolute Gasteiger partial charge is 0.480 e. The van der Waals surface area contributed by atoms with Crippen molar-refractivity contribution in [3.8, 4) is 0 Å². The fourth-order valence-corrected chi connectivity index (χ4v) is 3.76. The molecule has 3 atom stereocenters. The second-order valence-electron chi connectivity index (χ2n) is 6.78. The molecule has 0 bridgehead atoms. The molecule has 0 radical (unpaired) electrons. The van der Waals surface area contributed by atoms with Crippen LogP contribution in [0, 0.1) is 11.8 Å². The van der Waals surface area contributed by atoms with E-state index in [9.17, 15) is 9.59 Å². The molecular formula is C16H28N2O3. The van der Waals surface area contributed by atoms with Crippen LogP contribution in [0.1, 0.15) is 58.8 Å². The van der Waals surface area contributed by atoms with Crippen molar-refractivity contribution in [1.29, 1.82) is 0 Å². The third-order valence-electron chi connectivity index (χ3n) is 5.35. The number of amides is 2. The van der Waals surface area contributed by atoms with Crippen molar-refractivity contribution >= 4 is 12.0 Å². The maximum atomic E-state index is 12.5. The number of carbonyl (C=O) groups is 2. The highest BCUT2D eigenvalue weighted by atomic mass is 16.4. The molecular weight excluding hydrogens is 268 g/mol. The van der Waals surface area contributed by atoms with Crippen LogP contribution in [0.25, 0.3) is 0 Å². The monoisotopic (exact) mass is 296 g/mol. The minimum Gasteiger partial charge on any atom is -0.480 e. The van der Waals surface area contributed by atoms with Crippen LogP contribution in [0.5, 0.6) is 0 Å². The van der Waals surface area contributed by atoms with E-state index >= 15 is 0 Å². The van der Waals surface area contributed by atoms with Crippen LogP contribution in [-0.4, -0.2) is 40.6 Å². The van der Waals surface area contributed by atoms with Gasteiger partial charge in [0.2, 0.25) is 0 Å². The Hall–Kier alpha value is -1.26. The summed E-state index contributed by atoms with van der Waals surface area (Å²) in [6.07, 6.45) is 7.39. The molecule has 0 aromatic rings. The van der Waals surface area contributed by atoms with Gasteiger partial charge in [-0.2, -0.15) is 0 Å². The highest BCUT2D eigenvalue weighted by molar-refractivity contribution is 5.80. The van der Waals surface area contributed by atoms with Crippen molar-refractivity contribution < 1.29 is 14.7 Å². The Morgan fingerprint density at radius 1 is 1.10 bits per heavy atom. The highest BCUT2D eigenvalue weighted by Gasteiger charge is 2.33. The van der Waals surface area contributed by atoms with E-state index in [4.69, 9.17) is 5.11 Å². The molecule has 5 heteroatoms. The summed E-state index contributed by atoms with van der Waals surface area (Å²) in [6.45, 7) is 4.23. The van der Waals surface area contributed by atoms with E-state index in [1.165, 1.54) is 6.42 Å². The molecule has 2 aliphatic carbocycles. The number of carboxylic acids is 1. The Kier molecular flexibility index (Phi) is 5.48. The second kappa shape index (κ2) is 7.14. The lowest BCUT2D eigenvalue weighted by atomic mass is 9.78. The third-order valence-corrected chi connectivity index (χ3v) is 5.35. The van der Waals surface area contributed by atoms with Crippen molar-refractivity contribution in [3.05, 3.63) is 0 Å². The van der Waals surface area contributed by atoms with Gasteiger partial charge in [-0.1, -0.05) is 39.5 Å². The van der Waals surface area contributed by atoms with E-state index in [1.54, 1.807) is 4.90 Å². The molecule has 2 fully saturated rings. The van der Waals surface area contributed by atoms with Crippen molar-refractivity contribution in [2.45, 2.75) is 70.9 Å². The molecule has 0 aromatic heterocycles. The summed E-state index contributed by atoms with van der Waals surface area (Å²) in [5, 5.41) is 12.2. The molecule has 120 valence electrons. The first-order chi connectivity index (χ1) is 9.99. The molecule has 5 nitrogen and oxygen atoms in total. The zero-order valence-electron chi connectivity index (χ0n) is 13.2. The molecule has 3 unspecified atom stereocenters. The van der Waals surface area contributed by atoms with Crippen molar-refractivity contribution in [3.63, 3.8) is 0 Å². The Balaban J connectivity index is 1.98. The second-order valence-corrected chi connectivity index (χ2v) is 6.78.